The number of hydrogen-bond donors (Lipinski definition) is 2. The van der Waals surface area contributed by atoms with Gasteiger partial charge in [-0.1, -0.05) is 26.0 Å². The molecule has 0 saturated carbocycles. The molecular weight excluding hydrogens is 405 g/mol. The maximum atomic E-state index is 13.9. The molecule has 30 heavy (non-hydrogen) atoms. The summed E-state index contributed by atoms with van der Waals surface area (Å²) in [5.41, 5.74) is 2.51. The normalized spacial score (nSPS) is 11.5. The van der Waals surface area contributed by atoms with E-state index in [1.807, 2.05) is 13.8 Å². The number of sulfonamides is 1. The van der Waals surface area contributed by atoms with Crippen LogP contribution in [-0.2, 0) is 10.0 Å². The van der Waals surface area contributed by atoms with Gasteiger partial charge in [-0.25, -0.2) is 12.8 Å². The quantitative estimate of drug-likeness (QED) is 0.514. The molecule has 0 spiro atoms. The van der Waals surface area contributed by atoms with Gasteiger partial charge in [0.2, 0.25) is 0 Å². The van der Waals surface area contributed by atoms with Crippen molar-refractivity contribution in [1.29, 1.82) is 0 Å². The molecule has 0 heterocycles. The lowest BCUT2D eigenvalue weighted by molar-refractivity contribution is 0.452. The highest BCUT2D eigenvalue weighted by atomic mass is 32.2. The number of ether oxygens (including phenoxy) is 1. The molecule has 3 aromatic carbocycles. The molecule has 158 valence electrons. The van der Waals surface area contributed by atoms with Crippen LogP contribution in [0.2, 0.25) is 0 Å². The second kappa shape index (κ2) is 8.36. The van der Waals surface area contributed by atoms with Crippen molar-refractivity contribution in [2.45, 2.75) is 38.5 Å². The van der Waals surface area contributed by atoms with Crippen molar-refractivity contribution in [3.63, 3.8) is 0 Å². The van der Waals surface area contributed by atoms with Crippen LogP contribution in [0.25, 0.3) is 0 Å². The third-order valence-corrected chi connectivity index (χ3v) is 6.09. The van der Waals surface area contributed by atoms with Crippen LogP contribution < -0.4 is 9.46 Å². The minimum absolute atomic E-state index is 0.130. The highest BCUT2D eigenvalue weighted by Crippen LogP contribution is 2.35. The number of aromatic hydroxyl groups is 1. The number of aryl methyl sites for hydroxylation is 2. The van der Waals surface area contributed by atoms with Crippen LogP contribution in [0.3, 0.4) is 0 Å². The van der Waals surface area contributed by atoms with E-state index < -0.39 is 20.7 Å². The van der Waals surface area contributed by atoms with Gasteiger partial charge >= 0.3 is 0 Å². The number of benzene rings is 3. The molecule has 5 nitrogen and oxygen atoms in total. The Bertz CT molecular complexity index is 1170. The molecule has 0 bridgehead atoms. The van der Waals surface area contributed by atoms with E-state index in [2.05, 4.69) is 4.72 Å². The summed E-state index contributed by atoms with van der Waals surface area (Å²) in [4.78, 5) is -0.411. The lowest BCUT2D eigenvalue weighted by atomic mass is 10.0. The highest BCUT2D eigenvalue weighted by molar-refractivity contribution is 7.92. The van der Waals surface area contributed by atoms with Gasteiger partial charge in [0.15, 0.2) is 0 Å². The van der Waals surface area contributed by atoms with Gasteiger partial charge in [-0.3, -0.25) is 4.72 Å². The second-order valence-corrected chi connectivity index (χ2v) is 9.10. The Labute approximate surface area is 176 Å². The largest absolute Gasteiger partial charge is 0.508 e. The minimum atomic E-state index is -4.06. The van der Waals surface area contributed by atoms with E-state index in [1.54, 1.807) is 44.2 Å². The lowest BCUT2D eigenvalue weighted by Crippen LogP contribution is -2.14. The van der Waals surface area contributed by atoms with Gasteiger partial charge < -0.3 is 9.84 Å². The van der Waals surface area contributed by atoms with E-state index in [4.69, 9.17) is 4.74 Å². The summed E-state index contributed by atoms with van der Waals surface area (Å²) < 4.78 is 47.5. The molecule has 0 radical (unpaired) electrons. The van der Waals surface area contributed by atoms with E-state index in [-0.39, 0.29) is 11.7 Å². The van der Waals surface area contributed by atoms with Crippen molar-refractivity contribution in [2.75, 3.05) is 4.72 Å². The molecule has 0 amide bonds. The summed E-state index contributed by atoms with van der Waals surface area (Å²) in [5.74, 6) is 0.688. The summed E-state index contributed by atoms with van der Waals surface area (Å²) in [6.07, 6.45) is 0. The molecule has 0 atom stereocenters. The number of anilines is 1. The zero-order valence-corrected chi connectivity index (χ0v) is 18.0. The zero-order valence-electron chi connectivity index (χ0n) is 17.2. The van der Waals surface area contributed by atoms with Crippen LogP contribution in [0.5, 0.6) is 17.2 Å². The number of nitrogens with one attached hydrogen (secondary N) is 1. The number of rotatable bonds is 6. The number of hydrogen-bond acceptors (Lipinski definition) is 4. The standard InChI is InChI=1S/C23H24FNO4S/c1-14(2)19-13-18(9-10-21(19)26)29-23-15(3)11-17(12-16(23)4)25-30(27,28)22-8-6-5-7-20(22)24/h5-14,25-26H,1-4H3. The third-order valence-electron chi connectivity index (χ3n) is 4.68. The van der Waals surface area contributed by atoms with Gasteiger partial charge in [0.25, 0.3) is 10.0 Å². The topological polar surface area (TPSA) is 75.6 Å². The maximum Gasteiger partial charge on any atom is 0.264 e. The van der Waals surface area contributed by atoms with Crippen molar-refractivity contribution in [3.05, 3.63) is 77.1 Å². The van der Waals surface area contributed by atoms with Gasteiger partial charge in [-0.15, -0.1) is 0 Å². The zero-order chi connectivity index (χ0) is 22.1. The monoisotopic (exact) mass is 429 g/mol. The Morgan fingerprint density at radius 3 is 2.23 bits per heavy atom. The Hall–Kier alpha value is -3.06. The summed E-state index contributed by atoms with van der Waals surface area (Å²) >= 11 is 0. The molecule has 7 heteroatoms. The summed E-state index contributed by atoms with van der Waals surface area (Å²) in [6.45, 7) is 7.55. The number of phenolic OH excluding ortho intramolecular Hbond substituents is 1. The van der Waals surface area contributed by atoms with Gasteiger partial charge in [-0.05, 0) is 73.4 Å². The van der Waals surface area contributed by atoms with E-state index >= 15 is 0 Å². The van der Waals surface area contributed by atoms with E-state index in [0.29, 0.717) is 28.3 Å². The van der Waals surface area contributed by atoms with E-state index in [1.165, 1.54) is 18.2 Å². The molecule has 0 aliphatic heterocycles. The highest BCUT2D eigenvalue weighted by Gasteiger charge is 2.20. The van der Waals surface area contributed by atoms with Crippen molar-refractivity contribution < 1.29 is 22.7 Å². The predicted molar refractivity (Wildman–Crippen MR) is 115 cm³/mol. The van der Waals surface area contributed by atoms with Gasteiger partial charge in [0.1, 0.15) is 28.0 Å². The van der Waals surface area contributed by atoms with Crippen molar-refractivity contribution in [3.8, 4) is 17.2 Å². The molecule has 2 N–H and O–H groups in total. The van der Waals surface area contributed by atoms with Crippen LogP contribution in [0.4, 0.5) is 10.1 Å². The van der Waals surface area contributed by atoms with Gasteiger partial charge in [-0.2, -0.15) is 0 Å². The number of halogens is 1. The van der Waals surface area contributed by atoms with E-state index in [0.717, 1.165) is 11.6 Å². The molecule has 0 aromatic heterocycles. The van der Waals surface area contributed by atoms with E-state index in [9.17, 15) is 17.9 Å². The van der Waals surface area contributed by atoms with Crippen LogP contribution in [0.1, 0.15) is 36.5 Å². The van der Waals surface area contributed by atoms with Gasteiger partial charge in [0.05, 0.1) is 0 Å². The first-order chi connectivity index (χ1) is 14.1. The minimum Gasteiger partial charge on any atom is -0.508 e. The molecule has 3 rings (SSSR count). The average Bonchev–Trinajstić information content (AvgIpc) is 2.65. The van der Waals surface area contributed by atoms with Gasteiger partial charge in [0, 0.05) is 11.3 Å². The third kappa shape index (κ3) is 4.57. The summed E-state index contributed by atoms with van der Waals surface area (Å²) in [5, 5.41) is 9.99. The Kier molecular flexibility index (Phi) is 6.03. The smallest absolute Gasteiger partial charge is 0.264 e. The average molecular weight is 430 g/mol. The Morgan fingerprint density at radius 2 is 1.63 bits per heavy atom. The first-order valence-electron chi connectivity index (χ1n) is 9.48. The molecule has 0 fully saturated rings. The first-order valence-corrected chi connectivity index (χ1v) is 11.0. The first kappa shape index (κ1) is 21.6. The van der Waals surface area contributed by atoms with Crippen molar-refractivity contribution in [1.82, 2.24) is 0 Å². The van der Waals surface area contributed by atoms with Crippen LogP contribution in [-0.4, -0.2) is 13.5 Å². The number of phenols is 1. The second-order valence-electron chi connectivity index (χ2n) is 7.45. The van der Waals surface area contributed by atoms with Crippen molar-refractivity contribution in [2.24, 2.45) is 0 Å². The fourth-order valence-corrected chi connectivity index (χ4v) is 4.34. The Balaban J connectivity index is 1.89. The molecule has 3 aromatic rings. The molecule has 0 aliphatic rings. The maximum absolute atomic E-state index is 13.9. The fourth-order valence-electron chi connectivity index (χ4n) is 3.22. The predicted octanol–water partition coefficient (Wildman–Crippen LogP) is 5.86. The van der Waals surface area contributed by atoms with Crippen LogP contribution in [0.15, 0.2) is 59.5 Å². The lowest BCUT2D eigenvalue weighted by Gasteiger charge is -2.16. The summed E-state index contributed by atoms with van der Waals surface area (Å²) in [7, 11) is -4.06. The fraction of sp³-hybridized carbons (Fsp3) is 0.217. The molecule has 0 aliphatic carbocycles. The summed E-state index contributed by atoms with van der Waals surface area (Å²) in [6, 6.07) is 13.5. The van der Waals surface area contributed by atoms with Crippen LogP contribution in [0, 0.1) is 19.7 Å². The SMILES string of the molecule is Cc1cc(NS(=O)(=O)c2ccccc2F)cc(C)c1Oc1ccc(O)c(C(C)C)c1. The molecular formula is C23H24FNO4S. The Morgan fingerprint density at radius 1 is 1.00 bits per heavy atom. The molecule has 0 unspecified atom stereocenters. The van der Waals surface area contributed by atoms with Crippen LogP contribution >= 0.6 is 0 Å². The van der Waals surface area contributed by atoms with Crippen molar-refractivity contribution >= 4 is 15.7 Å². The molecule has 0 saturated heterocycles.